The first-order valence-corrected chi connectivity index (χ1v) is 15.7. The molecule has 9 rings (SSSR count). The highest BCUT2D eigenvalue weighted by Gasteiger charge is 2.38. The van der Waals surface area contributed by atoms with Gasteiger partial charge in [0.25, 0.3) is 0 Å². The van der Waals surface area contributed by atoms with Crippen LogP contribution in [0.4, 0.5) is 17.1 Å². The molecule has 0 radical (unpaired) electrons. The number of rotatable bonds is 3. The normalized spacial score (nSPS) is 15.2. The van der Waals surface area contributed by atoms with Crippen molar-refractivity contribution in [1.29, 1.82) is 0 Å². The van der Waals surface area contributed by atoms with E-state index in [2.05, 4.69) is 148 Å². The van der Waals surface area contributed by atoms with Crippen LogP contribution in [-0.4, -0.2) is 0 Å². The zero-order chi connectivity index (χ0) is 30.5. The average molecular weight is 584 g/mol. The Bertz CT molecular complexity index is 2310. The largest absolute Gasteiger partial charge is 0.456 e. The van der Waals surface area contributed by atoms with Gasteiger partial charge in [-0.15, -0.1) is 0 Å². The molecule has 1 aromatic heterocycles. The Morgan fingerprint density at radius 1 is 0.489 bits per heavy atom. The zero-order valence-electron chi connectivity index (χ0n) is 25.9. The van der Waals surface area contributed by atoms with Crippen LogP contribution < -0.4 is 9.64 Å². The van der Waals surface area contributed by atoms with Gasteiger partial charge >= 0.3 is 0 Å². The lowest BCUT2D eigenvalue weighted by Gasteiger charge is -2.36. The molecule has 45 heavy (non-hydrogen) atoms. The highest BCUT2D eigenvalue weighted by atomic mass is 16.5. The van der Waals surface area contributed by atoms with Crippen molar-refractivity contribution >= 4 is 39.0 Å². The molecular weight excluding hydrogens is 550 g/mol. The summed E-state index contributed by atoms with van der Waals surface area (Å²) in [6.45, 7) is 9.27. The van der Waals surface area contributed by atoms with E-state index in [4.69, 9.17) is 9.15 Å². The molecule has 3 heteroatoms. The van der Waals surface area contributed by atoms with E-state index in [0.717, 1.165) is 61.6 Å². The first-order chi connectivity index (χ1) is 21.8. The second kappa shape index (κ2) is 9.12. The van der Waals surface area contributed by atoms with Gasteiger partial charge in [-0.25, -0.2) is 0 Å². The third-order valence-corrected chi connectivity index (χ3v) is 10.1. The summed E-state index contributed by atoms with van der Waals surface area (Å²) in [7, 11) is 0. The minimum absolute atomic E-state index is 0.0811. The van der Waals surface area contributed by atoms with Gasteiger partial charge in [-0.3, -0.25) is 0 Å². The Morgan fingerprint density at radius 3 is 2.00 bits per heavy atom. The molecule has 1 aliphatic carbocycles. The van der Waals surface area contributed by atoms with Crippen LogP contribution in [-0.2, 0) is 10.8 Å². The molecule has 0 atom stereocenters. The van der Waals surface area contributed by atoms with Gasteiger partial charge in [-0.1, -0.05) is 100 Å². The Kier molecular flexibility index (Phi) is 5.30. The predicted molar refractivity (Wildman–Crippen MR) is 185 cm³/mol. The van der Waals surface area contributed by atoms with E-state index in [9.17, 15) is 0 Å². The van der Waals surface area contributed by atoms with Crippen LogP contribution in [0.2, 0.25) is 0 Å². The molecule has 1 aliphatic heterocycles. The number of hydrogen-bond donors (Lipinski definition) is 0. The third kappa shape index (κ3) is 3.64. The molecule has 0 fully saturated rings. The average Bonchev–Trinajstić information content (AvgIpc) is 3.55. The van der Waals surface area contributed by atoms with Crippen molar-refractivity contribution in [2.24, 2.45) is 0 Å². The number of ether oxygens (including phenoxy) is 1. The fourth-order valence-electron chi connectivity index (χ4n) is 7.73. The lowest BCUT2D eigenvalue weighted by atomic mass is 9.75. The lowest BCUT2D eigenvalue weighted by molar-refractivity contribution is 0.423. The summed E-state index contributed by atoms with van der Waals surface area (Å²) in [4.78, 5) is 2.37. The first kappa shape index (κ1) is 26.2. The molecule has 218 valence electrons. The van der Waals surface area contributed by atoms with Crippen molar-refractivity contribution in [3.63, 3.8) is 0 Å². The van der Waals surface area contributed by atoms with E-state index in [1.807, 2.05) is 12.1 Å². The summed E-state index contributed by atoms with van der Waals surface area (Å²) in [6.07, 6.45) is 0. The first-order valence-electron chi connectivity index (χ1n) is 15.7. The lowest BCUT2D eigenvalue weighted by Crippen LogP contribution is -2.25. The van der Waals surface area contributed by atoms with Crippen LogP contribution in [0.1, 0.15) is 49.9 Å². The van der Waals surface area contributed by atoms with Crippen LogP contribution in [0.15, 0.2) is 132 Å². The van der Waals surface area contributed by atoms with Crippen LogP contribution in [0.3, 0.4) is 0 Å². The van der Waals surface area contributed by atoms with Crippen LogP contribution in [0.25, 0.3) is 33.1 Å². The molecule has 0 unspecified atom stereocenters. The number of benzene rings is 6. The van der Waals surface area contributed by atoms with E-state index in [-0.39, 0.29) is 10.8 Å². The summed E-state index contributed by atoms with van der Waals surface area (Å²) in [5, 5.41) is 2.12. The number of fused-ring (bicyclic) bond motifs is 9. The minimum Gasteiger partial charge on any atom is -0.456 e. The molecule has 0 amide bonds. The maximum absolute atomic E-state index is 6.78. The molecule has 3 nitrogen and oxygen atoms in total. The van der Waals surface area contributed by atoms with E-state index in [0.29, 0.717) is 0 Å². The van der Waals surface area contributed by atoms with Crippen molar-refractivity contribution in [3.05, 3.63) is 150 Å². The van der Waals surface area contributed by atoms with Gasteiger partial charge in [-0.2, -0.15) is 0 Å². The molecule has 7 aromatic rings. The molecule has 0 bridgehead atoms. The topological polar surface area (TPSA) is 25.6 Å². The van der Waals surface area contributed by atoms with Crippen molar-refractivity contribution in [2.45, 2.75) is 38.5 Å². The van der Waals surface area contributed by atoms with Gasteiger partial charge < -0.3 is 14.1 Å². The number of nitrogens with zero attached hydrogens (tertiary/aromatic N) is 1. The third-order valence-electron chi connectivity index (χ3n) is 10.1. The quantitative estimate of drug-likeness (QED) is 0.207. The monoisotopic (exact) mass is 583 g/mol. The molecular formula is C42H33NO2. The van der Waals surface area contributed by atoms with Crippen molar-refractivity contribution < 1.29 is 9.15 Å². The van der Waals surface area contributed by atoms with Crippen molar-refractivity contribution in [1.82, 2.24) is 0 Å². The number of hydrogen-bond acceptors (Lipinski definition) is 3. The molecule has 0 saturated carbocycles. The zero-order valence-corrected chi connectivity index (χ0v) is 25.9. The summed E-state index contributed by atoms with van der Waals surface area (Å²) in [5.74, 6) is 1.77. The van der Waals surface area contributed by atoms with Crippen molar-refractivity contribution in [2.75, 3.05) is 4.90 Å². The minimum atomic E-state index is -0.296. The van der Waals surface area contributed by atoms with Gasteiger partial charge in [-0.05, 0) is 76.9 Å². The highest BCUT2D eigenvalue weighted by Crippen LogP contribution is 2.54. The Morgan fingerprint density at radius 2 is 1.16 bits per heavy atom. The molecule has 6 aromatic carbocycles. The Hall–Kier alpha value is -5.28. The van der Waals surface area contributed by atoms with Gasteiger partial charge in [0.1, 0.15) is 22.7 Å². The van der Waals surface area contributed by atoms with Gasteiger partial charge in [0.15, 0.2) is 0 Å². The van der Waals surface area contributed by atoms with E-state index in [1.165, 1.54) is 22.3 Å². The van der Waals surface area contributed by atoms with E-state index >= 15 is 0 Å². The van der Waals surface area contributed by atoms with Crippen LogP contribution in [0.5, 0.6) is 11.5 Å². The second-order valence-corrected chi connectivity index (χ2v) is 13.4. The predicted octanol–water partition coefficient (Wildman–Crippen LogP) is 11.8. The molecule has 2 heterocycles. The molecule has 2 aliphatic rings. The Balaban J connectivity index is 1.20. The number of furan rings is 1. The van der Waals surface area contributed by atoms with Crippen LogP contribution >= 0.6 is 0 Å². The van der Waals surface area contributed by atoms with Crippen molar-refractivity contribution in [3.8, 4) is 22.6 Å². The maximum Gasteiger partial charge on any atom is 0.143 e. The Labute approximate surface area is 263 Å². The van der Waals surface area contributed by atoms with E-state index < -0.39 is 0 Å². The molecule has 0 spiro atoms. The second-order valence-electron chi connectivity index (χ2n) is 13.4. The van der Waals surface area contributed by atoms with Crippen LogP contribution in [0, 0.1) is 0 Å². The van der Waals surface area contributed by atoms with E-state index in [1.54, 1.807) is 0 Å². The van der Waals surface area contributed by atoms with Gasteiger partial charge in [0, 0.05) is 44.4 Å². The maximum atomic E-state index is 6.78. The number of para-hydroxylation sites is 2. The van der Waals surface area contributed by atoms with Gasteiger partial charge in [0.05, 0.1) is 5.39 Å². The fourth-order valence-corrected chi connectivity index (χ4v) is 7.73. The smallest absolute Gasteiger partial charge is 0.143 e. The SMILES string of the molecule is CC1(C)c2ccccc2-c2ccc(N(c3ccccc3)c3ccc4c(c3)C(C)(C)c3ccc5oc6ccccc6c5c3O4)cc21. The fraction of sp³-hybridized carbons (Fsp3) is 0.143. The molecule has 0 N–H and O–H groups in total. The standard InChI is InChI=1S/C42H33NO2/c1-41(2)32-16-10-8-14-29(32)30-20-18-27(24-34(30)41)43(26-12-6-5-7-13-26)28-19-22-37-35(25-28)42(3,4)33-21-23-38-39(40(33)45-37)31-15-9-11-17-36(31)44-38/h5-25H,1-4H3. The molecule has 0 saturated heterocycles. The summed E-state index contributed by atoms with van der Waals surface area (Å²) in [5.41, 5.74) is 12.4. The number of anilines is 3. The highest BCUT2D eigenvalue weighted by molar-refractivity contribution is 6.09. The summed E-state index contributed by atoms with van der Waals surface area (Å²) in [6, 6.07) is 45.5. The summed E-state index contributed by atoms with van der Waals surface area (Å²) >= 11 is 0. The van der Waals surface area contributed by atoms with Gasteiger partial charge in [0.2, 0.25) is 0 Å². The summed E-state index contributed by atoms with van der Waals surface area (Å²) < 4.78 is 13.0.